The number of allylic oxidation sites excluding steroid dienone is 2. The molecule has 31 heavy (non-hydrogen) atoms. The Kier molecular flexibility index (Phi) is 6.31. The van der Waals surface area contributed by atoms with Crippen LogP contribution >= 0.6 is 15.9 Å². The second kappa shape index (κ2) is 8.36. The van der Waals surface area contributed by atoms with Crippen LogP contribution in [0.3, 0.4) is 0 Å². The maximum atomic E-state index is 10.7. The minimum atomic E-state index is 0.0321. The van der Waals surface area contributed by atoms with Gasteiger partial charge in [-0.15, -0.1) is 0 Å². The van der Waals surface area contributed by atoms with Crippen molar-refractivity contribution >= 4 is 32.5 Å². The summed E-state index contributed by atoms with van der Waals surface area (Å²) in [5.41, 5.74) is 15.5. The fraction of sp³-hybridized carbons (Fsp3) is 0.458. The minimum Gasteiger partial charge on any atom is -0.506 e. The van der Waals surface area contributed by atoms with Crippen LogP contribution in [0.25, 0.3) is 16.6 Å². The highest BCUT2D eigenvalue weighted by Gasteiger charge is 2.39. The first-order valence-corrected chi connectivity index (χ1v) is 11.3. The summed E-state index contributed by atoms with van der Waals surface area (Å²) >= 11 is 3.48. The van der Waals surface area contributed by atoms with Crippen molar-refractivity contribution in [1.82, 2.24) is 15.2 Å². The number of benzene rings is 1. The maximum Gasteiger partial charge on any atom is 0.139 e. The molecule has 6 nitrogen and oxygen atoms in total. The molecule has 1 aromatic carbocycles. The van der Waals surface area contributed by atoms with Gasteiger partial charge in [0.2, 0.25) is 0 Å². The highest BCUT2D eigenvalue weighted by atomic mass is 79.9. The van der Waals surface area contributed by atoms with Gasteiger partial charge in [-0.25, -0.2) is 0 Å². The van der Waals surface area contributed by atoms with Crippen LogP contribution in [0.15, 0.2) is 40.8 Å². The summed E-state index contributed by atoms with van der Waals surface area (Å²) in [6, 6.07) is 4.09. The SMILES string of the molecule is Cc1cnc2cc(/C(N)=C/C=C(\N)N(C)C3CC(C)(C)NC(C)(C)C3)c(O)c(Br)c2c1. The predicted molar refractivity (Wildman–Crippen MR) is 132 cm³/mol. The van der Waals surface area contributed by atoms with Gasteiger partial charge in [0.05, 0.1) is 15.8 Å². The largest absolute Gasteiger partial charge is 0.506 e. The third-order valence-electron chi connectivity index (χ3n) is 5.90. The number of hydrogen-bond donors (Lipinski definition) is 4. The van der Waals surface area contributed by atoms with Crippen LogP contribution in [0.5, 0.6) is 5.75 Å². The molecule has 0 aliphatic carbocycles. The summed E-state index contributed by atoms with van der Waals surface area (Å²) in [6.45, 7) is 10.9. The van der Waals surface area contributed by atoms with Gasteiger partial charge >= 0.3 is 0 Å². The van der Waals surface area contributed by atoms with Crippen molar-refractivity contribution in [2.24, 2.45) is 11.5 Å². The highest BCUT2D eigenvalue weighted by molar-refractivity contribution is 9.10. The van der Waals surface area contributed by atoms with Crippen LogP contribution in [0.2, 0.25) is 0 Å². The van der Waals surface area contributed by atoms with E-state index in [2.05, 4.69) is 58.8 Å². The molecule has 0 saturated carbocycles. The molecular weight excluding hydrogens is 454 g/mol. The van der Waals surface area contributed by atoms with Crippen LogP contribution < -0.4 is 16.8 Å². The Balaban J connectivity index is 1.88. The fourth-order valence-electron chi connectivity index (χ4n) is 4.68. The second-order valence-electron chi connectivity index (χ2n) is 9.95. The number of nitrogens with one attached hydrogen (secondary N) is 1. The number of piperidine rings is 1. The van der Waals surface area contributed by atoms with Crippen molar-refractivity contribution in [3.63, 3.8) is 0 Å². The average molecular weight is 488 g/mol. The van der Waals surface area contributed by atoms with E-state index in [4.69, 9.17) is 11.5 Å². The molecule has 0 atom stereocenters. The zero-order valence-corrected chi connectivity index (χ0v) is 20.8. The van der Waals surface area contributed by atoms with E-state index in [1.807, 2.05) is 20.0 Å². The number of nitrogens with two attached hydrogens (primary N) is 2. The van der Waals surface area contributed by atoms with E-state index < -0.39 is 0 Å². The number of phenols is 1. The Bertz CT molecular complexity index is 1040. The van der Waals surface area contributed by atoms with Gasteiger partial charge in [0.25, 0.3) is 0 Å². The van der Waals surface area contributed by atoms with Crippen LogP contribution in [0.1, 0.15) is 51.7 Å². The van der Waals surface area contributed by atoms with Crippen molar-refractivity contribution in [2.45, 2.75) is 64.6 Å². The maximum absolute atomic E-state index is 10.7. The monoisotopic (exact) mass is 487 g/mol. The number of pyridine rings is 1. The van der Waals surface area contributed by atoms with E-state index in [0.29, 0.717) is 27.6 Å². The Labute approximate surface area is 193 Å². The van der Waals surface area contributed by atoms with Crippen molar-refractivity contribution in [3.8, 4) is 5.75 Å². The highest BCUT2D eigenvalue weighted by Crippen LogP contribution is 2.37. The Hall–Kier alpha value is -2.25. The van der Waals surface area contributed by atoms with E-state index in [0.717, 1.165) is 29.3 Å². The Morgan fingerprint density at radius 2 is 1.81 bits per heavy atom. The summed E-state index contributed by atoms with van der Waals surface area (Å²) in [5, 5.41) is 15.2. The van der Waals surface area contributed by atoms with Gasteiger partial charge in [-0.05, 0) is 93.2 Å². The number of nitrogens with zero attached hydrogens (tertiary/aromatic N) is 2. The van der Waals surface area contributed by atoms with Gasteiger partial charge in [0.1, 0.15) is 5.75 Å². The summed E-state index contributed by atoms with van der Waals surface area (Å²) in [6.07, 6.45) is 7.32. The molecule has 7 heteroatoms. The zero-order chi connectivity index (χ0) is 23.1. The number of hydrogen-bond acceptors (Lipinski definition) is 6. The first-order chi connectivity index (χ1) is 14.3. The number of aromatic nitrogens is 1. The lowest BCUT2D eigenvalue weighted by atomic mass is 9.79. The van der Waals surface area contributed by atoms with Crippen molar-refractivity contribution in [2.75, 3.05) is 7.05 Å². The summed E-state index contributed by atoms with van der Waals surface area (Å²) in [7, 11) is 2.02. The lowest BCUT2D eigenvalue weighted by Gasteiger charge is -2.49. The lowest BCUT2D eigenvalue weighted by molar-refractivity contribution is 0.0981. The Morgan fingerprint density at radius 3 is 2.42 bits per heavy atom. The smallest absolute Gasteiger partial charge is 0.139 e. The van der Waals surface area contributed by atoms with Gasteiger partial charge in [-0.2, -0.15) is 0 Å². The van der Waals surface area contributed by atoms with Gasteiger partial charge in [-0.1, -0.05) is 0 Å². The number of aryl methyl sites for hydroxylation is 1. The Morgan fingerprint density at radius 1 is 1.19 bits per heavy atom. The third kappa shape index (κ3) is 5.15. The first kappa shape index (κ1) is 23.4. The molecule has 1 fully saturated rings. The van der Waals surface area contributed by atoms with E-state index in [-0.39, 0.29) is 16.8 Å². The predicted octanol–water partition coefficient (Wildman–Crippen LogP) is 4.35. The van der Waals surface area contributed by atoms with Crippen LogP contribution in [0.4, 0.5) is 0 Å². The molecule has 1 saturated heterocycles. The molecule has 1 aliphatic rings. The molecule has 2 aromatic rings. The normalized spacial score (nSPS) is 19.6. The molecule has 0 spiro atoms. The van der Waals surface area contributed by atoms with Crippen molar-refractivity contribution < 1.29 is 5.11 Å². The molecule has 2 heterocycles. The first-order valence-electron chi connectivity index (χ1n) is 10.5. The lowest BCUT2D eigenvalue weighted by Crippen LogP contribution is -2.61. The standard InChI is InChI=1S/C24H34BrN5O/c1-14-9-17-19(28-13-14)10-16(22(31)21(17)25)18(26)7-8-20(27)30(6)15-11-23(2,3)29-24(4,5)12-15/h7-10,13,15,29,31H,11-12,26-27H2,1-6H3/b18-7-,20-8+. The van der Waals surface area contributed by atoms with Gasteiger partial charge in [0.15, 0.2) is 0 Å². The van der Waals surface area contributed by atoms with E-state index in [1.165, 1.54) is 0 Å². The van der Waals surface area contributed by atoms with E-state index in [1.54, 1.807) is 24.4 Å². The fourth-order valence-corrected chi connectivity index (χ4v) is 5.21. The molecule has 0 radical (unpaired) electrons. The van der Waals surface area contributed by atoms with E-state index in [9.17, 15) is 5.11 Å². The number of phenolic OH excluding ortho intramolecular Hbond substituents is 1. The number of rotatable bonds is 4. The molecular formula is C24H34BrN5O. The molecule has 6 N–H and O–H groups in total. The van der Waals surface area contributed by atoms with Crippen LogP contribution in [-0.4, -0.2) is 39.2 Å². The van der Waals surface area contributed by atoms with E-state index >= 15 is 0 Å². The topological polar surface area (TPSA) is 100 Å². The quantitative estimate of drug-likeness (QED) is 0.478. The van der Waals surface area contributed by atoms with Gasteiger partial charge in [0, 0.05) is 47.0 Å². The summed E-state index contributed by atoms with van der Waals surface area (Å²) < 4.78 is 0.584. The number of fused-ring (bicyclic) bond motifs is 1. The molecule has 1 aromatic heterocycles. The second-order valence-corrected chi connectivity index (χ2v) is 10.7. The summed E-state index contributed by atoms with van der Waals surface area (Å²) in [5.74, 6) is 0.727. The van der Waals surface area contributed by atoms with Crippen LogP contribution in [0, 0.1) is 6.92 Å². The molecule has 1 aliphatic heterocycles. The molecule has 0 unspecified atom stereocenters. The summed E-state index contributed by atoms with van der Waals surface area (Å²) in [4.78, 5) is 6.58. The average Bonchev–Trinajstić information content (AvgIpc) is 2.66. The van der Waals surface area contributed by atoms with Crippen molar-refractivity contribution in [1.29, 1.82) is 0 Å². The van der Waals surface area contributed by atoms with Crippen molar-refractivity contribution in [3.05, 3.63) is 51.9 Å². The zero-order valence-electron chi connectivity index (χ0n) is 19.3. The van der Waals surface area contributed by atoms with Crippen LogP contribution in [-0.2, 0) is 0 Å². The molecule has 3 rings (SSSR count). The molecule has 0 bridgehead atoms. The number of aromatic hydroxyl groups is 1. The minimum absolute atomic E-state index is 0.0321. The van der Waals surface area contributed by atoms with Gasteiger partial charge < -0.3 is 26.8 Å². The molecule has 168 valence electrons. The third-order valence-corrected chi connectivity index (χ3v) is 6.71. The van der Waals surface area contributed by atoms with Gasteiger partial charge in [-0.3, -0.25) is 4.98 Å². The number of halogens is 1. The molecule has 0 amide bonds.